The summed E-state index contributed by atoms with van der Waals surface area (Å²) in [5.74, 6) is -0.180. The molecule has 1 N–H and O–H groups in total. The SMILES string of the molecule is CN(Cc1cccc(Cl)c1C1(C(=O)OC(C)(C)C)CCCC1)C1(C)CCN(C(=O)O)CC1. The number of likely N-dealkylation sites (tertiary alicyclic amines) is 1. The predicted molar refractivity (Wildman–Crippen MR) is 126 cm³/mol. The van der Waals surface area contributed by atoms with Crippen molar-refractivity contribution in [1.82, 2.24) is 9.80 Å². The molecule has 1 aromatic rings. The second-order valence-electron chi connectivity index (χ2n) is 10.7. The first kappa shape index (κ1) is 24.8. The summed E-state index contributed by atoms with van der Waals surface area (Å²) in [5.41, 5.74) is 0.563. The topological polar surface area (TPSA) is 70.1 Å². The molecule has 0 radical (unpaired) electrons. The van der Waals surface area contributed by atoms with Crippen LogP contribution in [0.3, 0.4) is 0 Å². The fourth-order valence-electron chi connectivity index (χ4n) is 5.15. The molecule has 1 amide bonds. The molecular weight excluding hydrogens is 428 g/mol. The Morgan fingerprint density at radius 3 is 2.28 bits per heavy atom. The van der Waals surface area contributed by atoms with Gasteiger partial charge in [-0.1, -0.05) is 36.6 Å². The van der Waals surface area contributed by atoms with Gasteiger partial charge in [0.05, 0.1) is 5.41 Å². The van der Waals surface area contributed by atoms with E-state index in [0.29, 0.717) is 24.7 Å². The summed E-state index contributed by atoms with van der Waals surface area (Å²) in [4.78, 5) is 28.6. The van der Waals surface area contributed by atoms with Crippen LogP contribution in [0.5, 0.6) is 0 Å². The van der Waals surface area contributed by atoms with E-state index < -0.39 is 17.1 Å². The molecule has 178 valence electrons. The summed E-state index contributed by atoms with van der Waals surface area (Å²) < 4.78 is 5.89. The summed E-state index contributed by atoms with van der Waals surface area (Å²) in [6.07, 6.45) is 4.12. The lowest BCUT2D eigenvalue weighted by Crippen LogP contribution is -2.52. The molecule has 32 heavy (non-hydrogen) atoms. The number of nitrogens with zero attached hydrogens (tertiary/aromatic N) is 2. The second-order valence-corrected chi connectivity index (χ2v) is 11.1. The van der Waals surface area contributed by atoms with Crippen LogP contribution in [-0.4, -0.2) is 58.2 Å². The molecule has 0 aromatic heterocycles. The lowest BCUT2D eigenvalue weighted by atomic mass is 9.76. The highest BCUT2D eigenvalue weighted by molar-refractivity contribution is 6.32. The third kappa shape index (κ3) is 5.07. The summed E-state index contributed by atoms with van der Waals surface area (Å²) in [7, 11) is 2.08. The van der Waals surface area contributed by atoms with Crippen LogP contribution in [0, 0.1) is 0 Å². The van der Waals surface area contributed by atoms with E-state index in [0.717, 1.165) is 49.7 Å². The molecule has 1 aromatic carbocycles. The number of benzene rings is 1. The molecule has 0 unspecified atom stereocenters. The van der Waals surface area contributed by atoms with Crippen LogP contribution in [0.1, 0.15) is 77.3 Å². The van der Waals surface area contributed by atoms with Crippen molar-refractivity contribution in [2.75, 3.05) is 20.1 Å². The van der Waals surface area contributed by atoms with Crippen LogP contribution >= 0.6 is 11.6 Å². The minimum absolute atomic E-state index is 0.125. The normalized spacial score (nSPS) is 20.4. The summed E-state index contributed by atoms with van der Waals surface area (Å²) >= 11 is 6.77. The Balaban J connectivity index is 1.90. The zero-order chi connectivity index (χ0) is 23.7. The van der Waals surface area contributed by atoms with E-state index in [1.165, 1.54) is 4.90 Å². The van der Waals surface area contributed by atoms with E-state index in [4.69, 9.17) is 16.3 Å². The van der Waals surface area contributed by atoms with Crippen LogP contribution in [0.4, 0.5) is 4.79 Å². The highest BCUT2D eigenvalue weighted by atomic mass is 35.5. The van der Waals surface area contributed by atoms with Gasteiger partial charge in [-0.2, -0.15) is 0 Å². The van der Waals surface area contributed by atoms with Gasteiger partial charge < -0.3 is 14.7 Å². The minimum Gasteiger partial charge on any atom is -0.465 e. The van der Waals surface area contributed by atoms with Gasteiger partial charge in [0.2, 0.25) is 0 Å². The maximum Gasteiger partial charge on any atom is 0.407 e. The zero-order valence-corrected chi connectivity index (χ0v) is 20.8. The molecule has 1 saturated carbocycles. The number of rotatable bonds is 5. The van der Waals surface area contributed by atoms with Gasteiger partial charge in [0.25, 0.3) is 0 Å². The maximum atomic E-state index is 13.5. The monoisotopic (exact) mass is 464 g/mol. The Kier molecular flexibility index (Phi) is 7.16. The first-order chi connectivity index (χ1) is 14.9. The number of amides is 1. The highest BCUT2D eigenvalue weighted by Crippen LogP contribution is 2.47. The van der Waals surface area contributed by atoms with E-state index in [1.807, 2.05) is 32.9 Å². The standard InChI is InChI=1S/C25H37ClN2O4/c1-23(2,3)32-21(29)25(11-6-7-12-25)20-18(9-8-10-19(20)26)17-27(5)24(4)13-15-28(16-14-24)22(30)31/h8-10H,6-7,11-17H2,1-5H3,(H,30,31). The van der Waals surface area contributed by atoms with Crippen LogP contribution in [0.15, 0.2) is 18.2 Å². The highest BCUT2D eigenvalue weighted by Gasteiger charge is 2.48. The van der Waals surface area contributed by atoms with Gasteiger partial charge in [0.1, 0.15) is 5.60 Å². The van der Waals surface area contributed by atoms with Gasteiger partial charge >= 0.3 is 12.1 Å². The average molecular weight is 465 g/mol. The van der Waals surface area contributed by atoms with Crippen molar-refractivity contribution in [3.05, 3.63) is 34.3 Å². The number of piperidine rings is 1. The molecule has 1 aliphatic carbocycles. The van der Waals surface area contributed by atoms with E-state index in [9.17, 15) is 14.7 Å². The number of halogens is 1. The Labute approximate surface area is 196 Å². The second kappa shape index (κ2) is 9.22. The number of ether oxygens (including phenoxy) is 1. The van der Waals surface area contributed by atoms with E-state index >= 15 is 0 Å². The lowest BCUT2D eigenvalue weighted by molar-refractivity contribution is -0.162. The van der Waals surface area contributed by atoms with Gasteiger partial charge in [0.15, 0.2) is 0 Å². The van der Waals surface area contributed by atoms with Crippen molar-refractivity contribution in [2.24, 2.45) is 0 Å². The van der Waals surface area contributed by atoms with Gasteiger partial charge in [-0.25, -0.2) is 4.79 Å². The van der Waals surface area contributed by atoms with E-state index in [1.54, 1.807) is 0 Å². The van der Waals surface area contributed by atoms with Gasteiger partial charge in [-0.05, 0) is 77.6 Å². The first-order valence-electron chi connectivity index (χ1n) is 11.6. The fourth-order valence-corrected chi connectivity index (χ4v) is 5.53. The third-order valence-electron chi connectivity index (χ3n) is 7.27. The average Bonchev–Trinajstić information content (AvgIpc) is 3.18. The molecular formula is C25H37ClN2O4. The van der Waals surface area contributed by atoms with Crippen molar-refractivity contribution >= 4 is 23.7 Å². The molecule has 0 atom stereocenters. The van der Waals surface area contributed by atoms with Crippen LogP contribution in [-0.2, 0) is 21.5 Å². The molecule has 0 spiro atoms. The summed E-state index contributed by atoms with van der Waals surface area (Å²) in [6.45, 7) is 9.60. The third-order valence-corrected chi connectivity index (χ3v) is 7.58. The number of hydrogen-bond donors (Lipinski definition) is 1. The number of hydrogen-bond acceptors (Lipinski definition) is 4. The summed E-state index contributed by atoms with van der Waals surface area (Å²) in [5, 5.41) is 9.91. The van der Waals surface area contributed by atoms with Crippen molar-refractivity contribution in [3.8, 4) is 0 Å². The van der Waals surface area contributed by atoms with E-state index in [-0.39, 0.29) is 11.5 Å². The zero-order valence-electron chi connectivity index (χ0n) is 20.0. The van der Waals surface area contributed by atoms with Crippen LogP contribution < -0.4 is 0 Å². The van der Waals surface area contributed by atoms with Gasteiger partial charge in [-0.15, -0.1) is 0 Å². The van der Waals surface area contributed by atoms with E-state index in [2.05, 4.69) is 24.9 Å². The molecule has 3 rings (SSSR count). The Morgan fingerprint density at radius 1 is 1.16 bits per heavy atom. The molecule has 1 saturated heterocycles. The Morgan fingerprint density at radius 2 is 1.75 bits per heavy atom. The molecule has 0 bridgehead atoms. The quantitative estimate of drug-likeness (QED) is 0.586. The van der Waals surface area contributed by atoms with Crippen molar-refractivity contribution in [2.45, 2.75) is 89.3 Å². The number of carboxylic acid groups (broad SMARTS) is 1. The Hall–Kier alpha value is -1.79. The van der Waals surface area contributed by atoms with Crippen molar-refractivity contribution in [3.63, 3.8) is 0 Å². The van der Waals surface area contributed by atoms with Crippen LogP contribution in [0.25, 0.3) is 0 Å². The molecule has 2 aliphatic rings. The minimum atomic E-state index is -0.854. The van der Waals surface area contributed by atoms with Crippen molar-refractivity contribution in [1.29, 1.82) is 0 Å². The van der Waals surface area contributed by atoms with Gasteiger partial charge in [0, 0.05) is 30.2 Å². The smallest absolute Gasteiger partial charge is 0.407 e. The summed E-state index contributed by atoms with van der Waals surface area (Å²) in [6, 6.07) is 5.89. The number of carbonyl (C=O) groups is 2. The lowest BCUT2D eigenvalue weighted by Gasteiger charge is -2.45. The predicted octanol–water partition coefficient (Wildman–Crippen LogP) is 5.46. The molecule has 1 aliphatic heterocycles. The largest absolute Gasteiger partial charge is 0.465 e. The molecule has 2 fully saturated rings. The molecule has 1 heterocycles. The Bertz CT molecular complexity index is 850. The van der Waals surface area contributed by atoms with Crippen LogP contribution in [0.2, 0.25) is 5.02 Å². The first-order valence-corrected chi connectivity index (χ1v) is 12.0. The fraction of sp³-hybridized carbons (Fsp3) is 0.680. The maximum absolute atomic E-state index is 13.5. The molecule has 7 heteroatoms. The molecule has 6 nitrogen and oxygen atoms in total. The number of esters is 1. The van der Waals surface area contributed by atoms with Gasteiger partial charge in [-0.3, -0.25) is 9.69 Å². The van der Waals surface area contributed by atoms with Crippen molar-refractivity contribution < 1.29 is 19.4 Å². The number of carbonyl (C=O) groups excluding carboxylic acids is 1.